The molecule has 3 aromatic rings. The van der Waals surface area contributed by atoms with Crippen LogP contribution in [0.1, 0.15) is 34.6 Å². The van der Waals surface area contributed by atoms with E-state index in [1.807, 2.05) is 0 Å². The predicted molar refractivity (Wildman–Crippen MR) is 87.1 cm³/mol. The fourth-order valence-electron chi connectivity index (χ4n) is 3.51. The molecule has 0 amide bonds. The van der Waals surface area contributed by atoms with Gasteiger partial charge in [-0.1, -0.05) is 12.1 Å². The Bertz CT molecular complexity index is 1060. The summed E-state index contributed by atoms with van der Waals surface area (Å²) < 4.78 is 41.9. The molecule has 136 valence electrons. The van der Waals surface area contributed by atoms with Gasteiger partial charge >= 0.3 is 6.18 Å². The summed E-state index contributed by atoms with van der Waals surface area (Å²) in [7, 11) is 0. The highest BCUT2D eigenvalue weighted by Gasteiger charge is 2.39. The molecule has 1 aliphatic carbocycles. The summed E-state index contributed by atoms with van der Waals surface area (Å²) in [5, 5.41) is 6.47. The summed E-state index contributed by atoms with van der Waals surface area (Å²) in [6.07, 6.45) is -2.36. The normalized spacial score (nSPS) is 14.6. The Kier molecular flexibility index (Phi) is 3.74. The molecular formula is C17H15F3N4O2. The summed E-state index contributed by atoms with van der Waals surface area (Å²) in [6.45, 7) is -0.368. The maximum atomic E-state index is 13.2. The lowest BCUT2D eigenvalue weighted by atomic mass is 9.95. The molecule has 0 aliphatic heterocycles. The summed E-state index contributed by atoms with van der Waals surface area (Å²) in [4.78, 5) is 24.6. The van der Waals surface area contributed by atoms with Gasteiger partial charge in [-0.2, -0.15) is 18.3 Å². The van der Waals surface area contributed by atoms with Crippen LogP contribution >= 0.6 is 0 Å². The third kappa shape index (κ3) is 2.63. The van der Waals surface area contributed by atoms with E-state index >= 15 is 0 Å². The number of rotatable bonds is 2. The van der Waals surface area contributed by atoms with Crippen LogP contribution in [0, 0.1) is 0 Å². The van der Waals surface area contributed by atoms with Crippen molar-refractivity contribution in [1.29, 1.82) is 0 Å². The molecule has 0 unspecified atom stereocenters. The third-order valence-corrected chi connectivity index (χ3v) is 4.66. The van der Waals surface area contributed by atoms with Gasteiger partial charge in [-0.15, -0.1) is 0 Å². The zero-order valence-electron chi connectivity index (χ0n) is 13.6. The Morgan fingerprint density at radius 3 is 2.69 bits per heavy atom. The number of nitrogens with one attached hydrogen (secondary N) is 1. The van der Waals surface area contributed by atoms with Gasteiger partial charge in [0.15, 0.2) is 5.69 Å². The Hall–Kier alpha value is -2.84. The van der Waals surface area contributed by atoms with E-state index in [0.717, 1.165) is 15.8 Å². The number of carbonyl (C=O) groups excluding carboxylic acids is 1. The van der Waals surface area contributed by atoms with E-state index < -0.39 is 23.3 Å². The van der Waals surface area contributed by atoms with E-state index in [4.69, 9.17) is 0 Å². The van der Waals surface area contributed by atoms with E-state index in [1.165, 1.54) is 0 Å². The molecule has 1 N–H and O–H groups in total. The Morgan fingerprint density at radius 2 is 1.92 bits per heavy atom. The summed E-state index contributed by atoms with van der Waals surface area (Å²) in [5.41, 5.74) is -0.309. The number of benzene rings is 1. The zero-order chi connectivity index (χ0) is 18.5. The number of nitrogens with zero attached hydrogens (tertiary/aromatic N) is 3. The molecule has 0 atom stereocenters. The summed E-state index contributed by atoms with van der Waals surface area (Å²) in [6, 6.07) is 6.53. The van der Waals surface area contributed by atoms with Crippen LogP contribution in [0.5, 0.6) is 0 Å². The Labute approximate surface area is 145 Å². The van der Waals surface area contributed by atoms with Crippen LogP contribution in [-0.4, -0.2) is 25.5 Å². The quantitative estimate of drug-likeness (QED) is 0.760. The van der Waals surface area contributed by atoms with Gasteiger partial charge in [0, 0.05) is 11.3 Å². The minimum atomic E-state index is -4.55. The van der Waals surface area contributed by atoms with Gasteiger partial charge in [-0.05, 0) is 37.8 Å². The van der Waals surface area contributed by atoms with Crippen molar-refractivity contribution in [1.82, 2.24) is 19.6 Å². The SMILES string of the molecule is O=C(Cn1nc(C(F)(F)F)c2c1CCCC2)n1[nH]c(=O)c2ccccc21. The molecule has 0 bridgehead atoms. The Morgan fingerprint density at radius 1 is 1.19 bits per heavy atom. The van der Waals surface area contributed by atoms with E-state index in [0.29, 0.717) is 35.9 Å². The van der Waals surface area contributed by atoms with Crippen molar-refractivity contribution in [3.05, 3.63) is 51.6 Å². The monoisotopic (exact) mass is 364 g/mol. The number of para-hydroxylation sites is 1. The molecule has 26 heavy (non-hydrogen) atoms. The van der Waals surface area contributed by atoms with E-state index in [-0.39, 0.29) is 12.1 Å². The van der Waals surface area contributed by atoms with Crippen molar-refractivity contribution in [3.63, 3.8) is 0 Å². The number of alkyl halides is 3. The molecular weight excluding hydrogens is 349 g/mol. The van der Waals surface area contributed by atoms with E-state index in [1.54, 1.807) is 24.3 Å². The third-order valence-electron chi connectivity index (χ3n) is 4.66. The molecule has 1 aliphatic rings. The van der Waals surface area contributed by atoms with Gasteiger partial charge < -0.3 is 0 Å². The highest BCUT2D eigenvalue weighted by molar-refractivity contribution is 5.90. The average molecular weight is 364 g/mol. The second-order valence-corrected chi connectivity index (χ2v) is 6.32. The van der Waals surface area contributed by atoms with Crippen molar-refractivity contribution in [2.45, 2.75) is 38.4 Å². The topological polar surface area (TPSA) is 72.7 Å². The first-order valence-corrected chi connectivity index (χ1v) is 8.25. The molecule has 0 fully saturated rings. The molecule has 1 aromatic carbocycles. The van der Waals surface area contributed by atoms with Crippen molar-refractivity contribution in [3.8, 4) is 0 Å². The standard InChI is InChI=1S/C17H15F3N4O2/c18-17(19,20)15-10-5-1-3-7-12(10)23(21-15)9-14(25)24-13-8-4-2-6-11(13)16(26)22-24/h2,4,6,8H,1,3,5,7,9H2,(H,22,26). The van der Waals surface area contributed by atoms with E-state index in [2.05, 4.69) is 10.2 Å². The fourth-order valence-corrected chi connectivity index (χ4v) is 3.51. The van der Waals surface area contributed by atoms with Crippen LogP contribution in [0.4, 0.5) is 13.2 Å². The van der Waals surface area contributed by atoms with E-state index in [9.17, 15) is 22.8 Å². The fraction of sp³-hybridized carbons (Fsp3) is 0.353. The van der Waals surface area contributed by atoms with Crippen molar-refractivity contribution in [2.75, 3.05) is 0 Å². The first kappa shape index (κ1) is 16.6. The minimum Gasteiger partial charge on any atom is -0.270 e. The van der Waals surface area contributed by atoms with Gasteiger partial charge in [0.2, 0.25) is 0 Å². The summed E-state index contributed by atoms with van der Waals surface area (Å²) >= 11 is 0. The maximum Gasteiger partial charge on any atom is 0.435 e. The highest BCUT2D eigenvalue weighted by atomic mass is 19.4. The lowest BCUT2D eigenvalue weighted by Crippen LogP contribution is -2.23. The summed E-state index contributed by atoms with van der Waals surface area (Å²) in [5.74, 6) is -0.548. The van der Waals surface area contributed by atoms with Crippen molar-refractivity contribution in [2.24, 2.45) is 0 Å². The molecule has 6 nitrogen and oxygen atoms in total. The molecule has 0 saturated heterocycles. The molecule has 9 heteroatoms. The van der Waals surface area contributed by atoms with Gasteiger partial charge in [-0.3, -0.25) is 19.4 Å². The van der Waals surface area contributed by atoms with Crippen LogP contribution in [0.15, 0.2) is 29.1 Å². The van der Waals surface area contributed by atoms with Crippen LogP contribution in [-0.2, 0) is 25.6 Å². The number of hydrogen-bond acceptors (Lipinski definition) is 3. The molecule has 2 heterocycles. The van der Waals surface area contributed by atoms with Crippen molar-refractivity contribution < 1.29 is 18.0 Å². The largest absolute Gasteiger partial charge is 0.435 e. The van der Waals surface area contributed by atoms with Crippen LogP contribution in [0.25, 0.3) is 10.9 Å². The zero-order valence-corrected chi connectivity index (χ0v) is 13.6. The molecule has 0 spiro atoms. The van der Waals surface area contributed by atoms with Gasteiger partial charge in [0.05, 0.1) is 10.9 Å². The molecule has 2 aromatic heterocycles. The second kappa shape index (κ2) is 5.86. The first-order valence-electron chi connectivity index (χ1n) is 8.25. The number of aromatic amines is 1. The first-order chi connectivity index (χ1) is 12.4. The van der Waals surface area contributed by atoms with Crippen LogP contribution < -0.4 is 5.56 Å². The number of aromatic nitrogens is 4. The average Bonchev–Trinajstić information content (AvgIpc) is 3.14. The number of carbonyl (C=O) groups is 1. The van der Waals surface area contributed by atoms with Crippen LogP contribution in [0.2, 0.25) is 0 Å². The maximum absolute atomic E-state index is 13.2. The number of H-pyrrole nitrogens is 1. The number of halogens is 3. The number of hydrogen-bond donors (Lipinski definition) is 1. The highest BCUT2D eigenvalue weighted by Crippen LogP contribution is 2.35. The molecule has 0 radical (unpaired) electrons. The lowest BCUT2D eigenvalue weighted by Gasteiger charge is -2.14. The predicted octanol–water partition coefficient (Wildman–Crippen LogP) is 2.76. The van der Waals surface area contributed by atoms with Gasteiger partial charge in [0.1, 0.15) is 6.54 Å². The second-order valence-electron chi connectivity index (χ2n) is 6.32. The lowest BCUT2D eigenvalue weighted by molar-refractivity contribution is -0.142. The molecule has 0 saturated carbocycles. The van der Waals surface area contributed by atoms with Crippen LogP contribution in [0.3, 0.4) is 0 Å². The van der Waals surface area contributed by atoms with Gasteiger partial charge in [-0.25, -0.2) is 4.68 Å². The minimum absolute atomic E-state index is 0.183. The smallest absolute Gasteiger partial charge is 0.270 e. The molecule has 4 rings (SSSR count). The number of fused-ring (bicyclic) bond motifs is 2. The Balaban J connectivity index is 1.74. The van der Waals surface area contributed by atoms with Crippen molar-refractivity contribution >= 4 is 16.8 Å². The van der Waals surface area contributed by atoms with Gasteiger partial charge in [0.25, 0.3) is 11.5 Å².